The molecule has 2 atom stereocenters. The summed E-state index contributed by atoms with van der Waals surface area (Å²) < 4.78 is 42.3. The molecule has 1 fully saturated rings. The molecule has 5 rings (SSSR count). The average Bonchev–Trinajstić information content (AvgIpc) is 3.63. The molecule has 1 unspecified atom stereocenters. The van der Waals surface area contributed by atoms with Gasteiger partial charge in [0.1, 0.15) is 5.82 Å². The summed E-state index contributed by atoms with van der Waals surface area (Å²) in [5, 5.41) is 3.93. The molecule has 1 heterocycles. The van der Waals surface area contributed by atoms with Crippen molar-refractivity contribution in [2.45, 2.75) is 17.2 Å². The van der Waals surface area contributed by atoms with Gasteiger partial charge in [-0.05, 0) is 53.6 Å². The number of nitrogens with one attached hydrogen (secondary N) is 2. The number of sulfonamides is 1. The van der Waals surface area contributed by atoms with Crippen molar-refractivity contribution in [1.29, 1.82) is 0 Å². The predicted octanol–water partition coefficient (Wildman–Crippen LogP) is 4.92. The Kier molecular flexibility index (Phi) is 5.30. The number of fused-ring (bicyclic) bond motifs is 1. The average molecular weight is 462 g/mol. The van der Waals surface area contributed by atoms with Crippen molar-refractivity contribution in [2.24, 2.45) is 5.92 Å². The number of nitrogens with zero attached hydrogens (tertiary/aromatic N) is 1. The number of carbonyl (C=O) groups is 1. The monoisotopic (exact) mass is 461 g/mol. The molecule has 0 radical (unpaired) electrons. The van der Waals surface area contributed by atoms with Crippen LogP contribution < -0.4 is 10.0 Å². The molecule has 0 bridgehead atoms. The lowest BCUT2D eigenvalue weighted by Gasteiger charge is -2.09. The number of rotatable bonds is 6. The molecular weight excluding hydrogens is 441 g/mol. The van der Waals surface area contributed by atoms with Crippen molar-refractivity contribution in [1.82, 2.24) is 4.98 Å². The minimum absolute atomic E-state index is 0.0333. The highest BCUT2D eigenvalue weighted by Gasteiger charge is 2.44. The van der Waals surface area contributed by atoms with Crippen LogP contribution in [0.2, 0.25) is 0 Å². The van der Waals surface area contributed by atoms with Crippen LogP contribution >= 0.6 is 0 Å². The molecule has 3 aromatic carbocycles. The van der Waals surface area contributed by atoms with Gasteiger partial charge in [-0.2, -0.15) is 0 Å². The zero-order valence-corrected chi connectivity index (χ0v) is 18.2. The summed E-state index contributed by atoms with van der Waals surface area (Å²) in [6.45, 7) is 0. The Morgan fingerprint density at radius 1 is 0.939 bits per heavy atom. The number of carbonyl (C=O) groups excluding carboxylic acids is 1. The van der Waals surface area contributed by atoms with E-state index in [0.717, 1.165) is 10.9 Å². The molecule has 6 nitrogen and oxygen atoms in total. The summed E-state index contributed by atoms with van der Waals surface area (Å²) in [6.07, 6.45) is 2.13. The van der Waals surface area contributed by atoms with Gasteiger partial charge in [0.05, 0.1) is 10.6 Å². The van der Waals surface area contributed by atoms with E-state index >= 15 is 0 Å². The lowest BCUT2D eigenvalue weighted by molar-refractivity contribution is -0.117. The Balaban J connectivity index is 1.26. The first-order valence-electron chi connectivity index (χ1n) is 10.4. The molecule has 1 aromatic heterocycles. The van der Waals surface area contributed by atoms with Gasteiger partial charge in [0.15, 0.2) is 5.82 Å². The van der Waals surface area contributed by atoms with Gasteiger partial charge in [0, 0.05) is 17.5 Å². The highest BCUT2D eigenvalue weighted by molar-refractivity contribution is 7.92. The largest absolute Gasteiger partial charge is 0.323 e. The number of pyridine rings is 1. The fourth-order valence-corrected chi connectivity index (χ4v) is 4.93. The molecule has 1 aliphatic carbocycles. The minimum atomic E-state index is -3.76. The molecule has 0 spiro atoms. The van der Waals surface area contributed by atoms with Crippen LogP contribution in [0.1, 0.15) is 17.9 Å². The van der Waals surface area contributed by atoms with Gasteiger partial charge >= 0.3 is 0 Å². The van der Waals surface area contributed by atoms with E-state index in [1.807, 2.05) is 12.1 Å². The van der Waals surface area contributed by atoms with Crippen LogP contribution in [0.15, 0.2) is 90.0 Å². The summed E-state index contributed by atoms with van der Waals surface area (Å²) in [4.78, 5) is 16.8. The molecule has 0 saturated heterocycles. The first-order chi connectivity index (χ1) is 15.9. The van der Waals surface area contributed by atoms with Gasteiger partial charge in [-0.1, -0.05) is 48.5 Å². The smallest absolute Gasteiger partial charge is 0.263 e. The Morgan fingerprint density at radius 3 is 2.45 bits per heavy atom. The maximum absolute atomic E-state index is 14.8. The Bertz CT molecular complexity index is 1440. The molecule has 1 aliphatic rings. The molecule has 0 aliphatic heterocycles. The van der Waals surface area contributed by atoms with E-state index in [1.165, 1.54) is 18.3 Å². The third-order valence-electron chi connectivity index (χ3n) is 5.77. The van der Waals surface area contributed by atoms with Crippen LogP contribution in [0.5, 0.6) is 0 Å². The fraction of sp³-hybridized carbons (Fsp3) is 0.120. The Morgan fingerprint density at radius 2 is 1.70 bits per heavy atom. The lowest BCUT2D eigenvalue weighted by Crippen LogP contribution is -2.16. The molecule has 1 amide bonds. The highest BCUT2D eigenvalue weighted by Crippen LogP contribution is 2.48. The van der Waals surface area contributed by atoms with E-state index < -0.39 is 15.8 Å². The van der Waals surface area contributed by atoms with Crippen LogP contribution in [0.3, 0.4) is 0 Å². The van der Waals surface area contributed by atoms with E-state index in [-0.39, 0.29) is 34.1 Å². The summed E-state index contributed by atoms with van der Waals surface area (Å²) in [5.41, 5.74) is 1.03. The van der Waals surface area contributed by atoms with Crippen LogP contribution in [0.4, 0.5) is 15.9 Å². The molecule has 4 aromatic rings. The van der Waals surface area contributed by atoms with E-state index in [1.54, 1.807) is 54.6 Å². The van der Waals surface area contributed by atoms with Gasteiger partial charge in [-0.15, -0.1) is 0 Å². The fourth-order valence-electron chi connectivity index (χ4n) is 3.92. The minimum Gasteiger partial charge on any atom is -0.323 e. The van der Waals surface area contributed by atoms with Crippen LogP contribution in [0, 0.1) is 11.7 Å². The first kappa shape index (κ1) is 21.1. The van der Waals surface area contributed by atoms with Crippen molar-refractivity contribution in [3.63, 3.8) is 0 Å². The van der Waals surface area contributed by atoms with Crippen molar-refractivity contribution < 1.29 is 17.6 Å². The molecule has 166 valence electrons. The van der Waals surface area contributed by atoms with E-state index in [4.69, 9.17) is 0 Å². The Labute approximate surface area is 190 Å². The predicted molar refractivity (Wildman–Crippen MR) is 125 cm³/mol. The number of benzene rings is 3. The standard InChI is InChI=1S/C25H20FN3O3S/c26-24-19-6-2-1-5-16(19)10-13-22(24)28-25(30)21-15-20(21)17-8-11-18(12-9-17)33(31,32)29-23-7-3-4-14-27-23/h1-14,20-21H,15H2,(H,27,29)(H,28,30)/t20?,21-/m1/s1. The van der Waals surface area contributed by atoms with Crippen LogP contribution in [-0.2, 0) is 14.8 Å². The zero-order valence-electron chi connectivity index (χ0n) is 17.4. The normalized spacial score (nSPS) is 17.5. The Hall–Kier alpha value is -3.78. The third-order valence-corrected chi connectivity index (χ3v) is 7.14. The van der Waals surface area contributed by atoms with Gasteiger partial charge < -0.3 is 5.32 Å². The summed E-state index contributed by atoms with van der Waals surface area (Å²) in [5.74, 6) is -0.781. The second kappa shape index (κ2) is 8.29. The number of anilines is 2. The van der Waals surface area contributed by atoms with Crippen molar-refractivity contribution in [3.8, 4) is 0 Å². The second-order valence-corrected chi connectivity index (χ2v) is 9.66. The number of aromatic nitrogens is 1. The summed E-state index contributed by atoms with van der Waals surface area (Å²) in [6, 6.07) is 21.8. The SMILES string of the molecule is O=C(Nc1ccc2ccccc2c1F)[C@@H]1CC1c1ccc(S(=O)(=O)Nc2ccccn2)cc1. The molecule has 33 heavy (non-hydrogen) atoms. The zero-order chi connectivity index (χ0) is 23.0. The van der Waals surface area contributed by atoms with E-state index in [0.29, 0.717) is 11.8 Å². The third kappa shape index (κ3) is 4.29. The van der Waals surface area contributed by atoms with E-state index in [9.17, 15) is 17.6 Å². The van der Waals surface area contributed by atoms with Crippen molar-refractivity contribution in [3.05, 3.63) is 96.4 Å². The molecule has 2 N–H and O–H groups in total. The number of halogens is 1. The van der Waals surface area contributed by atoms with Gasteiger partial charge in [0.25, 0.3) is 10.0 Å². The topological polar surface area (TPSA) is 88.2 Å². The molecule has 8 heteroatoms. The maximum Gasteiger partial charge on any atom is 0.263 e. The molecular formula is C25H20FN3O3S. The number of amides is 1. The number of hydrogen-bond donors (Lipinski definition) is 2. The molecule has 1 saturated carbocycles. The van der Waals surface area contributed by atoms with Crippen LogP contribution in [0.25, 0.3) is 10.8 Å². The van der Waals surface area contributed by atoms with Gasteiger partial charge in [0.2, 0.25) is 5.91 Å². The second-order valence-electron chi connectivity index (χ2n) is 7.98. The first-order valence-corrected chi connectivity index (χ1v) is 11.9. The van der Waals surface area contributed by atoms with Crippen molar-refractivity contribution in [2.75, 3.05) is 10.0 Å². The maximum atomic E-state index is 14.8. The van der Waals surface area contributed by atoms with E-state index in [2.05, 4.69) is 15.0 Å². The summed E-state index contributed by atoms with van der Waals surface area (Å²) in [7, 11) is -3.76. The van der Waals surface area contributed by atoms with Gasteiger partial charge in [-0.3, -0.25) is 9.52 Å². The lowest BCUT2D eigenvalue weighted by atomic mass is 10.1. The highest BCUT2D eigenvalue weighted by atomic mass is 32.2. The van der Waals surface area contributed by atoms with Crippen LogP contribution in [-0.4, -0.2) is 19.3 Å². The number of hydrogen-bond acceptors (Lipinski definition) is 4. The van der Waals surface area contributed by atoms with Gasteiger partial charge in [-0.25, -0.2) is 17.8 Å². The quantitative estimate of drug-likeness (QED) is 0.427. The van der Waals surface area contributed by atoms with Crippen molar-refractivity contribution >= 4 is 38.2 Å². The summed E-state index contributed by atoms with van der Waals surface area (Å²) >= 11 is 0.